The molecule has 4 rings (SSSR count). The van der Waals surface area contributed by atoms with Crippen LogP contribution in [0.2, 0.25) is 10.0 Å². The second-order valence-corrected chi connectivity index (χ2v) is 9.96. The van der Waals surface area contributed by atoms with Gasteiger partial charge in [-0.2, -0.15) is 0 Å². The Balaban J connectivity index is 1.98. The van der Waals surface area contributed by atoms with E-state index in [1.54, 1.807) is 23.1 Å². The molecule has 1 heterocycles. The summed E-state index contributed by atoms with van der Waals surface area (Å²) in [6, 6.07) is 11.3. The van der Waals surface area contributed by atoms with Crippen LogP contribution in [0, 0.1) is 19.3 Å². The van der Waals surface area contributed by atoms with Crippen molar-refractivity contribution < 1.29 is 9.59 Å². The van der Waals surface area contributed by atoms with E-state index in [-0.39, 0.29) is 23.5 Å². The number of halogens is 2. The van der Waals surface area contributed by atoms with Crippen molar-refractivity contribution in [1.82, 2.24) is 0 Å². The number of hydrogen-bond acceptors (Lipinski definition) is 2. The molecule has 2 aromatic carbocycles. The molecular weight excluding hydrogens is 417 g/mol. The first kappa shape index (κ1) is 21.1. The number of Topliss-reactive ketones (excluding diaryl/α,β-unsaturated/α-hetero) is 1. The van der Waals surface area contributed by atoms with Crippen LogP contribution in [-0.2, 0) is 9.59 Å². The van der Waals surface area contributed by atoms with E-state index < -0.39 is 5.92 Å². The van der Waals surface area contributed by atoms with Gasteiger partial charge in [0.25, 0.3) is 0 Å². The SMILES string of the molecule is Cc1cccc(N2C(=O)CC(c3c(Cl)cccc3Cl)C3=C2CC(C)(C)CC3=O)c1C. The molecule has 1 unspecified atom stereocenters. The Morgan fingerprint density at radius 3 is 2.27 bits per heavy atom. The van der Waals surface area contributed by atoms with Gasteiger partial charge in [0.2, 0.25) is 5.91 Å². The molecule has 0 fully saturated rings. The monoisotopic (exact) mass is 441 g/mol. The molecule has 3 nitrogen and oxygen atoms in total. The summed E-state index contributed by atoms with van der Waals surface area (Å²) in [6.07, 6.45) is 1.26. The zero-order chi connectivity index (χ0) is 21.8. The summed E-state index contributed by atoms with van der Waals surface area (Å²) in [5.41, 5.74) is 4.94. The van der Waals surface area contributed by atoms with Gasteiger partial charge in [-0.25, -0.2) is 0 Å². The van der Waals surface area contributed by atoms with E-state index in [0.717, 1.165) is 22.5 Å². The van der Waals surface area contributed by atoms with Crippen molar-refractivity contribution in [3.63, 3.8) is 0 Å². The van der Waals surface area contributed by atoms with E-state index in [4.69, 9.17) is 23.2 Å². The summed E-state index contributed by atoms with van der Waals surface area (Å²) in [5.74, 6) is -0.377. The maximum atomic E-state index is 13.5. The maximum absolute atomic E-state index is 13.5. The van der Waals surface area contributed by atoms with Crippen LogP contribution in [0.1, 0.15) is 55.7 Å². The highest BCUT2D eigenvalue weighted by Gasteiger charge is 2.45. The zero-order valence-corrected chi connectivity index (χ0v) is 19.2. The second kappa shape index (κ2) is 7.55. The Hall–Kier alpha value is -2.10. The lowest BCUT2D eigenvalue weighted by atomic mass is 9.69. The summed E-state index contributed by atoms with van der Waals surface area (Å²) in [4.78, 5) is 28.7. The van der Waals surface area contributed by atoms with Gasteiger partial charge in [-0.15, -0.1) is 0 Å². The molecule has 1 aliphatic heterocycles. The van der Waals surface area contributed by atoms with E-state index in [0.29, 0.717) is 34.0 Å². The lowest BCUT2D eigenvalue weighted by Gasteiger charge is -2.43. The molecule has 0 saturated carbocycles. The number of amides is 1. The van der Waals surface area contributed by atoms with Gasteiger partial charge in [0.1, 0.15) is 0 Å². The number of hydrogen-bond donors (Lipinski definition) is 0. The van der Waals surface area contributed by atoms with Gasteiger partial charge in [0.15, 0.2) is 5.78 Å². The summed E-state index contributed by atoms with van der Waals surface area (Å²) < 4.78 is 0. The normalized spacial score (nSPS) is 21.1. The van der Waals surface area contributed by atoms with E-state index in [1.807, 2.05) is 32.0 Å². The van der Waals surface area contributed by atoms with Gasteiger partial charge in [0.05, 0.1) is 5.69 Å². The minimum absolute atomic E-state index is 0.0334. The van der Waals surface area contributed by atoms with Gasteiger partial charge in [-0.3, -0.25) is 14.5 Å². The Kier molecular flexibility index (Phi) is 5.32. The molecule has 2 aromatic rings. The summed E-state index contributed by atoms with van der Waals surface area (Å²) >= 11 is 13.0. The number of allylic oxidation sites excluding steroid dienone is 2. The van der Waals surface area contributed by atoms with Gasteiger partial charge < -0.3 is 0 Å². The van der Waals surface area contributed by atoms with Gasteiger partial charge >= 0.3 is 0 Å². The summed E-state index contributed by atoms with van der Waals surface area (Å²) in [7, 11) is 0. The fraction of sp³-hybridized carbons (Fsp3) is 0.360. The van der Waals surface area contributed by atoms with Crippen LogP contribution in [0.3, 0.4) is 0 Å². The number of ketones is 1. The number of anilines is 1. The zero-order valence-electron chi connectivity index (χ0n) is 17.7. The van der Waals surface area contributed by atoms with E-state index in [2.05, 4.69) is 13.8 Å². The number of rotatable bonds is 2. The molecule has 0 saturated heterocycles. The van der Waals surface area contributed by atoms with Crippen molar-refractivity contribution in [2.24, 2.45) is 5.41 Å². The minimum atomic E-state index is -0.418. The number of aryl methyl sites for hydroxylation is 1. The fourth-order valence-corrected chi connectivity index (χ4v) is 5.42. The minimum Gasteiger partial charge on any atom is -0.294 e. The third kappa shape index (κ3) is 3.48. The van der Waals surface area contributed by atoms with Crippen LogP contribution in [0.25, 0.3) is 0 Å². The predicted octanol–water partition coefficient (Wildman–Crippen LogP) is 6.77. The van der Waals surface area contributed by atoms with Gasteiger partial charge in [-0.1, -0.05) is 55.2 Å². The Labute approximate surface area is 187 Å². The van der Waals surface area contributed by atoms with Crippen LogP contribution in [0.4, 0.5) is 5.69 Å². The quantitative estimate of drug-likeness (QED) is 0.515. The molecule has 0 spiro atoms. The maximum Gasteiger partial charge on any atom is 0.232 e. The van der Waals surface area contributed by atoms with Crippen molar-refractivity contribution in [2.45, 2.75) is 52.9 Å². The predicted molar refractivity (Wildman–Crippen MR) is 122 cm³/mol. The van der Waals surface area contributed by atoms with Crippen LogP contribution >= 0.6 is 23.2 Å². The third-order valence-corrected chi connectivity index (χ3v) is 6.97. The molecule has 5 heteroatoms. The number of benzene rings is 2. The van der Waals surface area contributed by atoms with Crippen LogP contribution in [0.5, 0.6) is 0 Å². The van der Waals surface area contributed by atoms with Crippen molar-refractivity contribution in [1.29, 1.82) is 0 Å². The molecule has 0 bridgehead atoms. The number of nitrogens with zero attached hydrogens (tertiary/aromatic N) is 1. The van der Waals surface area contributed by atoms with Crippen molar-refractivity contribution >= 4 is 40.6 Å². The lowest BCUT2D eigenvalue weighted by molar-refractivity contribution is -0.121. The van der Waals surface area contributed by atoms with Crippen LogP contribution < -0.4 is 4.90 Å². The van der Waals surface area contributed by atoms with Crippen LogP contribution in [0.15, 0.2) is 47.7 Å². The van der Waals surface area contributed by atoms with Crippen molar-refractivity contribution in [3.05, 3.63) is 74.4 Å². The molecule has 1 amide bonds. The third-order valence-electron chi connectivity index (χ3n) is 6.31. The highest BCUT2D eigenvalue weighted by atomic mass is 35.5. The van der Waals surface area contributed by atoms with Crippen molar-refractivity contribution in [3.8, 4) is 0 Å². The largest absolute Gasteiger partial charge is 0.294 e. The molecule has 1 atom stereocenters. The molecular formula is C25H25Cl2NO2. The number of carbonyl (C=O) groups excluding carboxylic acids is 2. The first-order chi connectivity index (χ1) is 14.1. The molecule has 2 aliphatic rings. The first-order valence-electron chi connectivity index (χ1n) is 10.2. The Morgan fingerprint density at radius 2 is 1.60 bits per heavy atom. The molecule has 0 radical (unpaired) electrons. The fourth-order valence-electron chi connectivity index (χ4n) is 4.76. The summed E-state index contributed by atoms with van der Waals surface area (Å²) in [6.45, 7) is 8.20. The highest BCUT2D eigenvalue weighted by molar-refractivity contribution is 6.36. The first-order valence-corrected chi connectivity index (χ1v) is 11.0. The van der Waals surface area contributed by atoms with Gasteiger partial charge in [-0.05, 0) is 60.6 Å². The standard InChI is InChI=1S/C25H25Cl2NO2/c1-14-7-5-10-19(15(14)2)28-20-12-25(3,4)13-21(29)24(20)16(11-22(28)30)23-17(26)8-6-9-18(23)27/h5-10,16H,11-13H2,1-4H3. The molecule has 156 valence electrons. The summed E-state index contributed by atoms with van der Waals surface area (Å²) in [5, 5.41) is 0.981. The average Bonchev–Trinajstić information content (AvgIpc) is 2.63. The van der Waals surface area contributed by atoms with Gasteiger partial charge in [0, 0.05) is 40.1 Å². The molecule has 30 heavy (non-hydrogen) atoms. The van der Waals surface area contributed by atoms with Crippen LogP contribution in [-0.4, -0.2) is 11.7 Å². The topological polar surface area (TPSA) is 37.4 Å². The molecule has 1 aliphatic carbocycles. The van der Waals surface area contributed by atoms with E-state index in [9.17, 15) is 9.59 Å². The van der Waals surface area contributed by atoms with E-state index >= 15 is 0 Å². The number of carbonyl (C=O) groups is 2. The highest BCUT2D eigenvalue weighted by Crippen LogP contribution is 2.50. The smallest absolute Gasteiger partial charge is 0.232 e. The second-order valence-electron chi connectivity index (χ2n) is 9.14. The Bertz CT molecular complexity index is 1080. The lowest BCUT2D eigenvalue weighted by Crippen LogP contribution is -2.44. The molecule has 0 aromatic heterocycles. The van der Waals surface area contributed by atoms with Crippen molar-refractivity contribution in [2.75, 3.05) is 4.90 Å². The molecule has 0 N–H and O–H groups in total. The Morgan fingerprint density at radius 1 is 0.967 bits per heavy atom. The average molecular weight is 442 g/mol. The van der Waals surface area contributed by atoms with E-state index in [1.165, 1.54) is 0 Å².